The van der Waals surface area contributed by atoms with Crippen LogP contribution in [0.3, 0.4) is 0 Å². The van der Waals surface area contributed by atoms with Gasteiger partial charge in [-0.05, 0) is 49.8 Å². The first-order valence-electron chi connectivity index (χ1n) is 7.56. The number of allylic oxidation sites excluding steroid dienone is 6. The molecule has 2 heteroatoms. The SMILES string of the molecule is CC(C)C1=CC=C(C2CCN(CCF)CC2)CC=C1. The highest BCUT2D eigenvalue weighted by Crippen LogP contribution is 2.29. The van der Waals surface area contributed by atoms with E-state index in [-0.39, 0.29) is 6.67 Å². The number of hydrogen-bond acceptors (Lipinski definition) is 1. The number of hydrogen-bond donors (Lipinski definition) is 0. The summed E-state index contributed by atoms with van der Waals surface area (Å²) in [4.78, 5) is 2.25. The molecule has 2 rings (SSSR count). The van der Waals surface area contributed by atoms with Crippen LogP contribution in [0.25, 0.3) is 0 Å². The highest BCUT2D eigenvalue weighted by atomic mass is 19.1. The lowest BCUT2D eigenvalue weighted by molar-refractivity contribution is 0.184. The van der Waals surface area contributed by atoms with Crippen LogP contribution in [-0.2, 0) is 0 Å². The minimum absolute atomic E-state index is 0.212. The van der Waals surface area contributed by atoms with Gasteiger partial charge in [-0.3, -0.25) is 0 Å². The first-order chi connectivity index (χ1) is 9.20. The third-order valence-electron chi connectivity index (χ3n) is 4.33. The Balaban J connectivity index is 1.95. The maximum absolute atomic E-state index is 12.3. The van der Waals surface area contributed by atoms with Crippen molar-refractivity contribution in [1.82, 2.24) is 4.90 Å². The molecule has 19 heavy (non-hydrogen) atoms. The normalized spacial score (nSPS) is 22.3. The quantitative estimate of drug-likeness (QED) is 0.737. The number of nitrogens with zero attached hydrogens (tertiary/aromatic N) is 1. The van der Waals surface area contributed by atoms with Crippen LogP contribution in [0.2, 0.25) is 0 Å². The number of likely N-dealkylation sites (tertiary alicyclic amines) is 1. The van der Waals surface area contributed by atoms with Crippen molar-refractivity contribution in [3.8, 4) is 0 Å². The van der Waals surface area contributed by atoms with Crippen LogP contribution in [0.5, 0.6) is 0 Å². The van der Waals surface area contributed by atoms with E-state index in [1.807, 2.05) is 0 Å². The molecule has 0 atom stereocenters. The van der Waals surface area contributed by atoms with Gasteiger partial charge in [0.2, 0.25) is 0 Å². The van der Waals surface area contributed by atoms with E-state index in [1.165, 1.54) is 18.4 Å². The van der Waals surface area contributed by atoms with Crippen molar-refractivity contribution in [2.45, 2.75) is 33.1 Å². The van der Waals surface area contributed by atoms with Crippen LogP contribution < -0.4 is 0 Å². The molecule has 0 N–H and O–H groups in total. The summed E-state index contributed by atoms with van der Waals surface area (Å²) >= 11 is 0. The van der Waals surface area contributed by atoms with Crippen LogP contribution in [0.15, 0.2) is 35.5 Å². The largest absolute Gasteiger partial charge is 0.301 e. The van der Waals surface area contributed by atoms with E-state index in [2.05, 4.69) is 43.1 Å². The zero-order valence-electron chi connectivity index (χ0n) is 12.2. The molecular weight excluding hydrogens is 237 g/mol. The molecule has 0 aromatic heterocycles. The van der Waals surface area contributed by atoms with Crippen LogP contribution in [-0.4, -0.2) is 31.2 Å². The van der Waals surface area contributed by atoms with Crippen molar-refractivity contribution in [2.24, 2.45) is 11.8 Å². The molecule has 1 nitrogen and oxygen atoms in total. The zero-order valence-corrected chi connectivity index (χ0v) is 12.2. The number of rotatable bonds is 4. The number of halogens is 1. The van der Waals surface area contributed by atoms with E-state index in [9.17, 15) is 4.39 Å². The summed E-state index contributed by atoms with van der Waals surface area (Å²) in [6, 6.07) is 0. The summed E-state index contributed by atoms with van der Waals surface area (Å²) in [6.45, 7) is 6.99. The Morgan fingerprint density at radius 3 is 2.63 bits per heavy atom. The average Bonchev–Trinajstić information content (AvgIpc) is 2.66. The van der Waals surface area contributed by atoms with Crippen molar-refractivity contribution < 1.29 is 4.39 Å². The highest BCUT2D eigenvalue weighted by Gasteiger charge is 2.21. The Kier molecular flexibility index (Phi) is 5.38. The van der Waals surface area contributed by atoms with Gasteiger partial charge in [0.1, 0.15) is 6.67 Å². The summed E-state index contributed by atoms with van der Waals surface area (Å²) in [5, 5.41) is 0. The molecule has 1 fully saturated rings. The third-order valence-corrected chi connectivity index (χ3v) is 4.33. The van der Waals surface area contributed by atoms with Crippen LogP contribution >= 0.6 is 0 Å². The molecule has 1 aliphatic carbocycles. The third kappa shape index (κ3) is 4.04. The molecule has 1 heterocycles. The second-order valence-corrected chi connectivity index (χ2v) is 5.97. The van der Waals surface area contributed by atoms with Gasteiger partial charge in [-0.1, -0.05) is 43.7 Å². The van der Waals surface area contributed by atoms with E-state index < -0.39 is 0 Å². The van der Waals surface area contributed by atoms with Crippen molar-refractivity contribution in [1.29, 1.82) is 0 Å². The molecule has 0 spiro atoms. The topological polar surface area (TPSA) is 3.24 Å². The molecule has 2 aliphatic rings. The molecule has 0 amide bonds. The molecule has 1 saturated heterocycles. The van der Waals surface area contributed by atoms with E-state index in [4.69, 9.17) is 0 Å². The lowest BCUT2D eigenvalue weighted by Crippen LogP contribution is -2.35. The summed E-state index contributed by atoms with van der Waals surface area (Å²) in [6.07, 6.45) is 12.7. The van der Waals surface area contributed by atoms with Crippen LogP contribution in [0.1, 0.15) is 33.1 Å². The maximum atomic E-state index is 12.3. The molecule has 0 saturated carbocycles. The van der Waals surface area contributed by atoms with Gasteiger partial charge >= 0.3 is 0 Å². The van der Waals surface area contributed by atoms with Gasteiger partial charge in [0.15, 0.2) is 0 Å². The molecular formula is C17H26FN. The molecule has 1 aliphatic heterocycles. The standard InChI is InChI=1S/C17H26FN/c1-14(2)15-4-3-5-16(7-6-15)17-8-11-19(12-9-17)13-10-18/h3-4,6-7,14,17H,5,8-13H2,1-2H3. The molecule has 0 radical (unpaired) electrons. The zero-order chi connectivity index (χ0) is 13.7. The Hall–Kier alpha value is -0.890. The van der Waals surface area contributed by atoms with E-state index in [1.54, 1.807) is 5.57 Å². The molecule has 0 aromatic rings. The second kappa shape index (κ2) is 7.04. The van der Waals surface area contributed by atoms with E-state index in [0.717, 1.165) is 19.5 Å². The summed E-state index contributed by atoms with van der Waals surface area (Å²) in [5.41, 5.74) is 2.98. The van der Waals surface area contributed by atoms with Gasteiger partial charge < -0.3 is 4.90 Å². The first-order valence-corrected chi connectivity index (χ1v) is 7.56. The number of piperidine rings is 1. The van der Waals surface area contributed by atoms with Crippen molar-refractivity contribution in [3.05, 3.63) is 35.5 Å². The Morgan fingerprint density at radius 1 is 1.26 bits per heavy atom. The fourth-order valence-corrected chi connectivity index (χ4v) is 2.99. The van der Waals surface area contributed by atoms with Crippen LogP contribution in [0.4, 0.5) is 4.39 Å². The first kappa shape index (κ1) is 14.5. The van der Waals surface area contributed by atoms with E-state index >= 15 is 0 Å². The monoisotopic (exact) mass is 263 g/mol. The van der Waals surface area contributed by atoms with Gasteiger partial charge in [0.05, 0.1) is 0 Å². The fraction of sp³-hybridized carbons (Fsp3) is 0.647. The lowest BCUT2D eigenvalue weighted by atomic mass is 9.87. The van der Waals surface area contributed by atoms with Crippen molar-refractivity contribution in [2.75, 3.05) is 26.3 Å². The van der Waals surface area contributed by atoms with Crippen molar-refractivity contribution in [3.63, 3.8) is 0 Å². The second-order valence-electron chi connectivity index (χ2n) is 5.97. The summed E-state index contributed by atoms with van der Waals surface area (Å²) in [5.74, 6) is 1.29. The van der Waals surface area contributed by atoms with Gasteiger partial charge in [-0.25, -0.2) is 4.39 Å². The number of alkyl halides is 1. The Morgan fingerprint density at radius 2 is 2.00 bits per heavy atom. The molecule has 0 bridgehead atoms. The molecule has 106 valence electrons. The average molecular weight is 263 g/mol. The van der Waals surface area contributed by atoms with Crippen molar-refractivity contribution >= 4 is 0 Å². The molecule has 0 aromatic carbocycles. The van der Waals surface area contributed by atoms with Gasteiger partial charge in [0.25, 0.3) is 0 Å². The lowest BCUT2D eigenvalue weighted by Gasteiger charge is -2.32. The Labute approximate surface area is 116 Å². The van der Waals surface area contributed by atoms with Gasteiger partial charge in [-0.15, -0.1) is 0 Å². The minimum Gasteiger partial charge on any atom is -0.301 e. The van der Waals surface area contributed by atoms with E-state index in [0.29, 0.717) is 18.4 Å². The minimum atomic E-state index is -0.212. The Bertz CT molecular complexity index is 371. The van der Waals surface area contributed by atoms with Gasteiger partial charge in [0, 0.05) is 6.54 Å². The maximum Gasteiger partial charge on any atom is 0.102 e. The van der Waals surface area contributed by atoms with Gasteiger partial charge in [-0.2, -0.15) is 0 Å². The highest BCUT2D eigenvalue weighted by molar-refractivity contribution is 5.33. The predicted molar refractivity (Wildman–Crippen MR) is 79.9 cm³/mol. The summed E-state index contributed by atoms with van der Waals surface area (Å²) in [7, 11) is 0. The molecule has 0 unspecified atom stereocenters. The fourth-order valence-electron chi connectivity index (χ4n) is 2.99. The smallest absolute Gasteiger partial charge is 0.102 e. The predicted octanol–water partition coefficient (Wildman–Crippen LogP) is 4.14. The van der Waals surface area contributed by atoms with Crippen LogP contribution in [0, 0.1) is 11.8 Å². The summed E-state index contributed by atoms with van der Waals surface area (Å²) < 4.78 is 12.3.